The van der Waals surface area contributed by atoms with E-state index in [4.69, 9.17) is 10.6 Å². The number of β-lactam (4-membered cyclic amide) rings is 1. The van der Waals surface area contributed by atoms with Gasteiger partial charge in [0.15, 0.2) is 10.8 Å². The number of oxime groups is 1. The molecule has 2 atom stereocenters. The Morgan fingerprint density at radius 1 is 1.44 bits per heavy atom. The summed E-state index contributed by atoms with van der Waals surface area (Å²) in [6.07, 6.45) is 2.21. The molecule has 11 nitrogen and oxygen atoms in total. The minimum atomic E-state index is -1.37. The van der Waals surface area contributed by atoms with Crippen molar-refractivity contribution in [3.05, 3.63) is 22.3 Å². The molecule has 3 N–H and O–H groups in total. The van der Waals surface area contributed by atoms with E-state index in [-0.39, 0.29) is 22.2 Å². The molecular weight excluding hydrogens is 456 g/mol. The largest absolute Gasteiger partial charge is 0.543 e. The van der Waals surface area contributed by atoms with Gasteiger partial charge in [-0.05, 0) is 0 Å². The Hall–Kier alpha value is -2.64. The molecule has 1 aromatic rings. The van der Waals surface area contributed by atoms with E-state index in [9.17, 15) is 19.5 Å². The van der Waals surface area contributed by atoms with Gasteiger partial charge >= 0.3 is 0 Å². The number of thiazole rings is 1. The summed E-state index contributed by atoms with van der Waals surface area (Å²) in [7, 11) is 3.39. The molecule has 172 valence electrons. The average molecular weight is 481 g/mol. The molecule has 3 aliphatic rings. The van der Waals surface area contributed by atoms with Crippen molar-refractivity contribution in [1.29, 1.82) is 0 Å². The van der Waals surface area contributed by atoms with Gasteiger partial charge in [-0.1, -0.05) is 5.16 Å². The van der Waals surface area contributed by atoms with Crippen molar-refractivity contribution >= 4 is 51.7 Å². The number of carboxylic acids is 1. The number of thioether (sulfide) groups is 1. The molecule has 3 aliphatic heterocycles. The number of anilines is 1. The van der Waals surface area contributed by atoms with E-state index in [1.54, 1.807) is 5.38 Å². The number of aliphatic carboxylic acids is 1. The maximum absolute atomic E-state index is 12.9. The summed E-state index contributed by atoms with van der Waals surface area (Å²) in [5, 5.41) is 19.6. The van der Waals surface area contributed by atoms with Crippen molar-refractivity contribution in [2.24, 2.45) is 5.16 Å². The van der Waals surface area contributed by atoms with E-state index in [1.807, 2.05) is 0 Å². The third-order valence-corrected chi connectivity index (χ3v) is 7.92. The van der Waals surface area contributed by atoms with E-state index < -0.39 is 29.2 Å². The Bertz CT molecular complexity index is 1020. The first-order valence-corrected chi connectivity index (χ1v) is 12.0. The molecule has 13 heteroatoms. The first-order valence-electron chi connectivity index (χ1n) is 10.1. The topological polar surface area (TPSA) is 150 Å². The number of nitrogens with one attached hydrogen (secondary N) is 1. The summed E-state index contributed by atoms with van der Waals surface area (Å²) in [6, 6.07) is -0.891. The lowest BCUT2D eigenvalue weighted by molar-refractivity contribution is -0.893. The smallest absolute Gasteiger partial charge is 0.276 e. The summed E-state index contributed by atoms with van der Waals surface area (Å²) in [4.78, 5) is 47.7. The molecule has 32 heavy (non-hydrogen) atoms. The number of hydrogen-bond acceptors (Lipinski definition) is 10. The van der Waals surface area contributed by atoms with Crippen molar-refractivity contribution in [1.82, 2.24) is 15.2 Å². The third kappa shape index (κ3) is 4.07. The number of nitrogen functional groups attached to an aromatic ring is 1. The number of fused-ring (bicyclic) bond motifs is 1. The van der Waals surface area contributed by atoms with E-state index in [0.717, 1.165) is 41.8 Å². The predicted molar refractivity (Wildman–Crippen MR) is 117 cm³/mol. The number of quaternary nitrogens is 1. The zero-order chi connectivity index (χ0) is 23.0. The van der Waals surface area contributed by atoms with Crippen LogP contribution in [0.15, 0.2) is 21.8 Å². The maximum Gasteiger partial charge on any atom is 0.276 e. The van der Waals surface area contributed by atoms with Crippen LogP contribution in [0.4, 0.5) is 5.13 Å². The number of nitrogens with two attached hydrogens (primary N) is 1. The zero-order valence-electron chi connectivity index (χ0n) is 17.7. The number of carbonyl (C=O) groups excluding carboxylic acids is 3. The van der Waals surface area contributed by atoms with E-state index >= 15 is 0 Å². The molecule has 4 heterocycles. The number of likely N-dealkylation sites (N-methyl/N-ethyl adjacent to an activating group) is 1. The van der Waals surface area contributed by atoms with E-state index in [1.165, 1.54) is 23.8 Å². The van der Waals surface area contributed by atoms with Gasteiger partial charge in [0.25, 0.3) is 11.8 Å². The fourth-order valence-electron chi connectivity index (χ4n) is 4.41. The maximum atomic E-state index is 12.9. The van der Waals surface area contributed by atoms with Crippen molar-refractivity contribution in [2.45, 2.75) is 24.3 Å². The van der Waals surface area contributed by atoms with Gasteiger partial charge in [0.1, 0.15) is 30.8 Å². The second kappa shape index (κ2) is 8.71. The molecule has 0 radical (unpaired) electrons. The van der Waals surface area contributed by atoms with Gasteiger partial charge < -0.3 is 30.3 Å². The Morgan fingerprint density at radius 2 is 2.16 bits per heavy atom. The Kier molecular flexibility index (Phi) is 6.14. The van der Waals surface area contributed by atoms with Gasteiger partial charge in [-0.3, -0.25) is 14.5 Å². The molecule has 0 aliphatic carbocycles. The van der Waals surface area contributed by atoms with Crippen LogP contribution >= 0.6 is 23.1 Å². The minimum absolute atomic E-state index is 0.0615. The van der Waals surface area contributed by atoms with Crippen molar-refractivity contribution in [3.63, 3.8) is 0 Å². The molecule has 0 spiro atoms. The van der Waals surface area contributed by atoms with Crippen LogP contribution < -0.4 is 16.2 Å². The lowest BCUT2D eigenvalue weighted by Crippen LogP contribution is -2.71. The van der Waals surface area contributed by atoms with Gasteiger partial charge in [0.2, 0.25) is 0 Å². The minimum Gasteiger partial charge on any atom is -0.543 e. The fourth-order valence-corrected chi connectivity index (χ4v) is 6.30. The number of aromatic nitrogens is 1. The first kappa shape index (κ1) is 22.6. The molecule has 0 aromatic carbocycles. The lowest BCUT2D eigenvalue weighted by atomic mass is 10.0. The molecular formula is C19H24N6O5S2. The van der Waals surface area contributed by atoms with Gasteiger partial charge in [-0.25, -0.2) is 4.98 Å². The lowest BCUT2D eigenvalue weighted by Gasteiger charge is -2.51. The fraction of sp³-hybridized carbons (Fsp3) is 0.526. The number of rotatable bonds is 7. The number of hydrogen-bond donors (Lipinski definition) is 2. The quantitative estimate of drug-likeness (QED) is 0.212. The molecule has 1 unspecified atom stereocenters. The van der Waals surface area contributed by atoms with Crippen LogP contribution in [0, 0.1) is 0 Å². The highest BCUT2D eigenvalue weighted by Gasteiger charge is 2.53. The Morgan fingerprint density at radius 3 is 2.75 bits per heavy atom. The third-order valence-electron chi connectivity index (χ3n) is 5.91. The molecule has 0 bridgehead atoms. The second-order valence-corrected chi connectivity index (χ2v) is 10.2. The summed E-state index contributed by atoms with van der Waals surface area (Å²) in [5.74, 6) is -2.06. The van der Waals surface area contributed by atoms with Crippen molar-refractivity contribution in [2.75, 3.05) is 45.3 Å². The average Bonchev–Trinajstić information content (AvgIpc) is 3.37. The molecule has 1 aromatic heterocycles. The van der Waals surface area contributed by atoms with Crippen LogP contribution in [0.25, 0.3) is 0 Å². The SMILES string of the molecule is CO/N=C(\C(=O)NC1C(=O)N2C(C(=O)[O-])=C(C[N+]3(C)CCCC3)CS[C@@H]12)c1csc(N)n1. The van der Waals surface area contributed by atoms with Gasteiger partial charge in [-0.2, -0.15) is 0 Å². The van der Waals surface area contributed by atoms with Gasteiger partial charge in [0, 0.05) is 29.5 Å². The summed E-state index contributed by atoms with van der Waals surface area (Å²) >= 11 is 2.57. The molecule has 2 saturated heterocycles. The van der Waals surface area contributed by atoms with Crippen LogP contribution in [0.3, 0.4) is 0 Å². The summed E-state index contributed by atoms with van der Waals surface area (Å²) in [6.45, 7) is 2.53. The van der Waals surface area contributed by atoms with Crippen molar-refractivity contribution in [3.8, 4) is 0 Å². The van der Waals surface area contributed by atoms with Crippen LogP contribution in [-0.2, 0) is 19.2 Å². The highest BCUT2D eigenvalue weighted by molar-refractivity contribution is 8.00. The van der Waals surface area contributed by atoms with E-state index in [2.05, 4.69) is 22.5 Å². The number of carboxylic acid groups (broad SMARTS) is 1. The van der Waals surface area contributed by atoms with Crippen LogP contribution in [0.5, 0.6) is 0 Å². The van der Waals surface area contributed by atoms with Crippen LogP contribution in [-0.4, -0.2) is 88.8 Å². The standard InChI is InChI=1S/C19H24N6O5S2/c1-25(5-3-4-6-25)7-10-8-31-17-13(16(27)24(17)14(10)18(28)29)22-15(26)12(23-30-2)11-9-32-19(20)21-11/h9,13,17H,3-8H2,1-2H3,(H3-,20,21,22,26,28,29)/b23-12-/t13?,17-/m0/s1. The highest BCUT2D eigenvalue weighted by atomic mass is 32.2. The highest BCUT2D eigenvalue weighted by Crippen LogP contribution is 2.41. The monoisotopic (exact) mass is 480 g/mol. The van der Waals surface area contributed by atoms with Crippen LogP contribution in [0.2, 0.25) is 0 Å². The Balaban J connectivity index is 1.52. The number of likely N-dealkylation sites (tertiary alicyclic amines) is 1. The van der Waals surface area contributed by atoms with Crippen LogP contribution in [0.1, 0.15) is 18.5 Å². The van der Waals surface area contributed by atoms with Crippen molar-refractivity contribution < 1.29 is 28.8 Å². The number of carbonyl (C=O) groups is 3. The van der Waals surface area contributed by atoms with Gasteiger partial charge in [0.05, 0.1) is 31.8 Å². The van der Waals surface area contributed by atoms with Gasteiger partial charge in [-0.15, -0.1) is 23.1 Å². The molecule has 2 fully saturated rings. The second-order valence-electron chi connectivity index (χ2n) is 8.23. The van der Waals surface area contributed by atoms with E-state index in [0.29, 0.717) is 17.9 Å². The molecule has 2 amide bonds. The first-order chi connectivity index (χ1) is 15.2. The Labute approximate surface area is 192 Å². The molecule has 4 rings (SSSR count). The summed E-state index contributed by atoms with van der Waals surface area (Å²) in [5.41, 5.74) is 6.39. The zero-order valence-corrected chi connectivity index (χ0v) is 19.3. The number of nitrogens with zero attached hydrogens (tertiary/aromatic N) is 4. The summed E-state index contributed by atoms with van der Waals surface area (Å²) < 4.78 is 0.757. The normalized spacial score (nSPS) is 24.8. The molecule has 0 saturated carbocycles. The predicted octanol–water partition coefficient (Wildman–Crippen LogP) is -1.28. The number of amides is 2.